The Balaban J connectivity index is 1.54. The summed E-state index contributed by atoms with van der Waals surface area (Å²) in [6, 6.07) is 19.9. The molecule has 0 N–H and O–H groups in total. The van der Waals surface area contributed by atoms with Gasteiger partial charge in [0.2, 0.25) is 0 Å². The Kier molecular flexibility index (Phi) is 4.54. The standard InChI is InChI=1S/C18H18N2O/c1-3-7-15(8-4-1)19-13-17-11-12-18(21-17)14-20-16-9-5-2-6-10-16/h1-10,13-14,17-18H,11-12H2/b19-13+,20-14+/t17-,18+. The highest BCUT2D eigenvalue weighted by molar-refractivity contribution is 5.72. The lowest BCUT2D eigenvalue weighted by atomic mass is 10.2. The monoisotopic (exact) mass is 278 g/mol. The van der Waals surface area contributed by atoms with Crippen LogP contribution in [0, 0.1) is 0 Å². The van der Waals surface area contributed by atoms with Crippen LogP contribution >= 0.6 is 0 Å². The minimum atomic E-state index is 0.0810. The van der Waals surface area contributed by atoms with Crippen molar-refractivity contribution in [3.05, 3.63) is 60.7 Å². The fourth-order valence-electron chi connectivity index (χ4n) is 2.27. The van der Waals surface area contributed by atoms with Gasteiger partial charge in [0.25, 0.3) is 0 Å². The summed E-state index contributed by atoms with van der Waals surface area (Å²) < 4.78 is 5.91. The average Bonchev–Trinajstić information content (AvgIpc) is 3.01. The van der Waals surface area contributed by atoms with E-state index in [1.165, 1.54) is 0 Å². The zero-order valence-electron chi connectivity index (χ0n) is 11.8. The molecule has 0 aliphatic carbocycles. The van der Waals surface area contributed by atoms with Crippen LogP contribution in [0.4, 0.5) is 11.4 Å². The van der Waals surface area contributed by atoms with Crippen molar-refractivity contribution in [3.63, 3.8) is 0 Å². The first-order valence-corrected chi connectivity index (χ1v) is 7.24. The van der Waals surface area contributed by atoms with Crippen LogP contribution < -0.4 is 0 Å². The SMILES string of the molecule is C(=N\c1ccccc1)/[C@@H]1CC[C@H](/C=N/c2ccccc2)O1. The molecule has 1 saturated heterocycles. The van der Waals surface area contributed by atoms with Gasteiger partial charge in [0.15, 0.2) is 0 Å². The van der Waals surface area contributed by atoms with E-state index in [0.717, 1.165) is 24.2 Å². The minimum Gasteiger partial charge on any atom is -0.364 e. The van der Waals surface area contributed by atoms with E-state index >= 15 is 0 Å². The van der Waals surface area contributed by atoms with Crippen molar-refractivity contribution in [2.75, 3.05) is 0 Å². The number of hydrogen-bond acceptors (Lipinski definition) is 3. The molecule has 3 rings (SSSR count). The second-order valence-electron chi connectivity index (χ2n) is 5.02. The maximum Gasteiger partial charge on any atom is 0.0936 e. The third-order valence-corrected chi connectivity index (χ3v) is 3.38. The van der Waals surface area contributed by atoms with Crippen LogP contribution in [0.2, 0.25) is 0 Å². The molecule has 2 aromatic carbocycles. The van der Waals surface area contributed by atoms with Gasteiger partial charge in [-0.3, -0.25) is 9.98 Å². The number of benzene rings is 2. The molecule has 1 aliphatic heterocycles. The molecule has 0 amide bonds. The molecule has 21 heavy (non-hydrogen) atoms. The quantitative estimate of drug-likeness (QED) is 0.766. The normalized spacial score (nSPS) is 22.3. The summed E-state index contributed by atoms with van der Waals surface area (Å²) in [7, 11) is 0. The van der Waals surface area contributed by atoms with E-state index in [-0.39, 0.29) is 12.2 Å². The summed E-state index contributed by atoms with van der Waals surface area (Å²) in [5, 5.41) is 0. The van der Waals surface area contributed by atoms with E-state index in [9.17, 15) is 0 Å². The summed E-state index contributed by atoms with van der Waals surface area (Å²) in [6.07, 6.45) is 5.93. The first-order chi connectivity index (χ1) is 10.4. The van der Waals surface area contributed by atoms with Crippen molar-refractivity contribution >= 4 is 23.8 Å². The largest absolute Gasteiger partial charge is 0.364 e. The Hall–Kier alpha value is -2.26. The third-order valence-electron chi connectivity index (χ3n) is 3.38. The van der Waals surface area contributed by atoms with Crippen LogP contribution in [0.1, 0.15) is 12.8 Å². The molecule has 0 unspecified atom stereocenters. The Morgan fingerprint density at radius 1 is 0.714 bits per heavy atom. The van der Waals surface area contributed by atoms with Gasteiger partial charge in [0.05, 0.1) is 23.6 Å². The van der Waals surface area contributed by atoms with Crippen LogP contribution in [-0.4, -0.2) is 24.6 Å². The lowest BCUT2D eigenvalue weighted by Gasteiger charge is -2.05. The van der Waals surface area contributed by atoms with Gasteiger partial charge in [-0.25, -0.2) is 0 Å². The minimum absolute atomic E-state index is 0.0810. The number of ether oxygens (including phenoxy) is 1. The molecule has 1 aliphatic rings. The highest BCUT2D eigenvalue weighted by atomic mass is 16.5. The first-order valence-electron chi connectivity index (χ1n) is 7.24. The van der Waals surface area contributed by atoms with Crippen LogP contribution in [0.15, 0.2) is 70.6 Å². The summed E-state index contributed by atoms with van der Waals surface area (Å²) in [5.41, 5.74) is 1.92. The van der Waals surface area contributed by atoms with E-state index in [0.29, 0.717) is 0 Å². The summed E-state index contributed by atoms with van der Waals surface area (Å²) in [5.74, 6) is 0. The van der Waals surface area contributed by atoms with Gasteiger partial charge >= 0.3 is 0 Å². The molecule has 0 aromatic heterocycles. The first kappa shape index (κ1) is 13.7. The lowest BCUT2D eigenvalue weighted by Crippen LogP contribution is -2.12. The fourth-order valence-corrected chi connectivity index (χ4v) is 2.27. The molecular formula is C18H18N2O. The number of aliphatic imine (C=N–C) groups is 2. The van der Waals surface area contributed by atoms with Gasteiger partial charge in [0.1, 0.15) is 0 Å². The van der Waals surface area contributed by atoms with Gasteiger partial charge in [-0.15, -0.1) is 0 Å². The molecule has 1 heterocycles. The molecule has 0 radical (unpaired) electrons. The van der Waals surface area contributed by atoms with E-state index in [4.69, 9.17) is 4.74 Å². The van der Waals surface area contributed by atoms with Gasteiger partial charge < -0.3 is 4.74 Å². The highest BCUT2D eigenvalue weighted by Gasteiger charge is 2.22. The van der Waals surface area contributed by atoms with Gasteiger partial charge in [-0.2, -0.15) is 0 Å². The van der Waals surface area contributed by atoms with Crippen molar-refractivity contribution in [1.82, 2.24) is 0 Å². The van der Waals surface area contributed by atoms with Crippen molar-refractivity contribution < 1.29 is 4.74 Å². The zero-order valence-corrected chi connectivity index (χ0v) is 11.8. The topological polar surface area (TPSA) is 34.0 Å². The third kappa shape index (κ3) is 4.10. The van der Waals surface area contributed by atoms with E-state index in [1.54, 1.807) is 0 Å². The van der Waals surface area contributed by atoms with Crippen LogP contribution in [0.25, 0.3) is 0 Å². The smallest absolute Gasteiger partial charge is 0.0936 e. The molecule has 0 saturated carbocycles. The maximum absolute atomic E-state index is 5.91. The highest BCUT2D eigenvalue weighted by Crippen LogP contribution is 2.20. The summed E-state index contributed by atoms with van der Waals surface area (Å²) in [6.45, 7) is 0. The Morgan fingerprint density at radius 3 is 1.57 bits per heavy atom. The molecule has 0 bridgehead atoms. The number of rotatable bonds is 4. The molecule has 1 fully saturated rings. The van der Waals surface area contributed by atoms with Crippen molar-refractivity contribution in [3.8, 4) is 0 Å². The Labute approximate surface area is 125 Å². The Bertz CT molecular complexity index is 552. The van der Waals surface area contributed by atoms with Crippen LogP contribution in [0.5, 0.6) is 0 Å². The van der Waals surface area contributed by atoms with Gasteiger partial charge in [-0.05, 0) is 37.1 Å². The molecule has 3 heteroatoms. The van der Waals surface area contributed by atoms with Crippen molar-refractivity contribution in [2.24, 2.45) is 9.98 Å². The number of nitrogens with zero attached hydrogens (tertiary/aromatic N) is 2. The molecule has 0 spiro atoms. The maximum atomic E-state index is 5.91. The van der Waals surface area contributed by atoms with E-state index < -0.39 is 0 Å². The van der Waals surface area contributed by atoms with Gasteiger partial charge in [-0.1, -0.05) is 36.4 Å². The molecular weight excluding hydrogens is 260 g/mol. The summed E-state index contributed by atoms with van der Waals surface area (Å²) >= 11 is 0. The predicted octanol–water partition coefficient (Wildman–Crippen LogP) is 4.34. The number of hydrogen-bond donors (Lipinski definition) is 0. The van der Waals surface area contributed by atoms with E-state index in [1.807, 2.05) is 73.1 Å². The molecule has 3 nitrogen and oxygen atoms in total. The van der Waals surface area contributed by atoms with Gasteiger partial charge in [0, 0.05) is 12.4 Å². The predicted molar refractivity (Wildman–Crippen MR) is 87.1 cm³/mol. The second kappa shape index (κ2) is 6.95. The molecule has 2 atom stereocenters. The fraction of sp³-hybridized carbons (Fsp3) is 0.222. The van der Waals surface area contributed by atoms with Crippen LogP contribution in [0.3, 0.4) is 0 Å². The lowest BCUT2D eigenvalue weighted by molar-refractivity contribution is 0.129. The van der Waals surface area contributed by atoms with Crippen molar-refractivity contribution in [2.45, 2.75) is 25.0 Å². The molecule has 106 valence electrons. The average molecular weight is 278 g/mol. The number of para-hydroxylation sites is 2. The van der Waals surface area contributed by atoms with E-state index in [2.05, 4.69) is 9.98 Å². The van der Waals surface area contributed by atoms with Crippen molar-refractivity contribution in [1.29, 1.82) is 0 Å². The molecule has 2 aromatic rings. The Morgan fingerprint density at radius 2 is 1.14 bits per heavy atom. The summed E-state index contributed by atoms with van der Waals surface area (Å²) in [4.78, 5) is 8.89. The second-order valence-corrected chi connectivity index (χ2v) is 5.02. The zero-order chi connectivity index (χ0) is 14.3. The van der Waals surface area contributed by atoms with Crippen LogP contribution in [-0.2, 0) is 4.74 Å².